The molecular formula is C17H16O4. The molecule has 2 aromatic rings. The Morgan fingerprint density at radius 2 is 1.71 bits per heavy atom. The van der Waals surface area contributed by atoms with E-state index < -0.39 is 18.3 Å². The average Bonchev–Trinajstić information content (AvgIpc) is 2.51. The van der Waals surface area contributed by atoms with E-state index in [1.54, 1.807) is 12.1 Å². The number of hydrogen-bond acceptors (Lipinski definition) is 4. The first kappa shape index (κ1) is 13.9. The molecule has 0 saturated heterocycles. The molecule has 1 aliphatic rings. The summed E-state index contributed by atoms with van der Waals surface area (Å²) >= 11 is 0. The van der Waals surface area contributed by atoms with E-state index in [1.807, 2.05) is 30.3 Å². The van der Waals surface area contributed by atoms with Crippen LogP contribution in [0.4, 0.5) is 0 Å². The highest BCUT2D eigenvalue weighted by molar-refractivity contribution is 6.10. The minimum Gasteiger partial charge on any atom is -0.390 e. The Kier molecular flexibility index (Phi) is 3.59. The van der Waals surface area contributed by atoms with Gasteiger partial charge in [0.15, 0.2) is 5.78 Å². The molecule has 108 valence electrons. The lowest BCUT2D eigenvalue weighted by Gasteiger charge is -2.27. The van der Waals surface area contributed by atoms with Crippen LogP contribution in [0.3, 0.4) is 0 Å². The first-order valence-electron chi connectivity index (χ1n) is 6.84. The molecule has 0 radical (unpaired) electrons. The van der Waals surface area contributed by atoms with Crippen molar-refractivity contribution in [1.29, 1.82) is 0 Å². The maximum atomic E-state index is 12.5. The molecule has 0 aliphatic heterocycles. The molecule has 0 bridgehead atoms. The van der Waals surface area contributed by atoms with Gasteiger partial charge in [-0.15, -0.1) is 0 Å². The molecule has 3 N–H and O–H groups in total. The number of ketones is 1. The molecule has 3 atom stereocenters. The van der Waals surface area contributed by atoms with Crippen molar-refractivity contribution in [2.45, 2.75) is 24.7 Å². The lowest BCUT2D eigenvalue weighted by atomic mass is 9.87. The molecule has 0 unspecified atom stereocenters. The van der Waals surface area contributed by atoms with Crippen LogP contribution < -0.4 is 0 Å². The molecule has 2 aromatic carbocycles. The highest BCUT2D eigenvalue weighted by Gasteiger charge is 2.31. The smallest absolute Gasteiger partial charge is 0.188 e. The van der Waals surface area contributed by atoms with Gasteiger partial charge < -0.3 is 15.3 Å². The van der Waals surface area contributed by atoms with E-state index in [9.17, 15) is 20.1 Å². The normalized spacial score (nSPS) is 25.7. The van der Waals surface area contributed by atoms with Crippen molar-refractivity contribution < 1.29 is 20.1 Å². The molecule has 0 heterocycles. The molecule has 4 nitrogen and oxygen atoms in total. The summed E-state index contributed by atoms with van der Waals surface area (Å²) in [6.45, 7) is 0. The third-order valence-corrected chi connectivity index (χ3v) is 3.85. The number of carbonyl (C=O) groups is 1. The number of aliphatic hydroxyl groups is 3. The van der Waals surface area contributed by atoms with Crippen LogP contribution in [0.2, 0.25) is 0 Å². The van der Waals surface area contributed by atoms with E-state index in [1.165, 1.54) is 6.08 Å². The van der Waals surface area contributed by atoms with Gasteiger partial charge in [0.1, 0.15) is 12.2 Å². The highest BCUT2D eigenvalue weighted by atomic mass is 16.4. The maximum absolute atomic E-state index is 12.5. The first-order valence-corrected chi connectivity index (χ1v) is 6.84. The zero-order valence-electron chi connectivity index (χ0n) is 11.3. The molecule has 3 rings (SSSR count). The molecule has 21 heavy (non-hydrogen) atoms. The van der Waals surface area contributed by atoms with Gasteiger partial charge in [-0.1, -0.05) is 36.4 Å². The summed E-state index contributed by atoms with van der Waals surface area (Å²) in [6, 6.07) is 13.1. The number of aliphatic hydroxyl groups excluding tert-OH is 3. The number of carbonyl (C=O) groups excluding carboxylic acids is 1. The van der Waals surface area contributed by atoms with Crippen LogP contribution in [0.5, 0.6) is 0 Å². The second kappa shape index (κ2) is 5.41. The molecule has 4 heteroatoms. The fourth-order valence-electron chi connectivity index (χ4n) is 2.63. The highest BCUT2D eigenvalue weighted by Crippen LogP contribution is 2.24. The molecule has 0 spiro atoms. The van der Waals surface area contributed by atoms with Crippen molar-refractivity contribution in [2.24, 2.45) is 0 Å². The lowest BCUT2D eigenvalue weighted by Crippen LogP contribution is -2.40. The van der Waals surface area contributed by atoms with Crippen molar-refractivity contribution in [1.82, 2.24) is 0 Å². The van der Waals surface area contributed by atoms with Crippen molar-refractivity contribution in [2.75, 3.05) is 0 Å². The summed E-state index contributed by atoms with van der Waals surface area (Å²) in [7, 11) is 0. The topological polar surface area (TPSA) is 77.8 Å². The minimum atomic E-state index is -1.24. The summed E-state index contributed by atoms with van der Waals surface area (Å²) in [6.07, 6.45) is -2.20. The fourth-order valence-corrected chi connectivity index (χ4v) is 2.63. The second-order valence-corrected chi connectivity index (χ2v) is 5.34. The number of Topliss-reactive ketones (excluding diaryl/α,β-unsaturated/α-hetero) is 1. The Bertz CT molecular complexity index is 720. The van der Waals surface area contributed by atoms with Gasteiger partial charge in [-0.05, 0) is 22.9 Å². The SMILES string of the molecule is O=C(C1=C[C@@H](O)[C@@H](O)[C@H](O)C1)c1ccc2ccccc2c1. The second-order valence-electron chi connectivity index (χ2n) is 5.34. The van der Waals surface area contributed by atoms with Gasteiger partial charge in [0.25, 0.3) is 0 Å². The van der Waals surface area contributed by atoms with Gasteiger partial charge in [-0.3, -0.25) is 4.79 Å². The van der Waals surface area contributed by atoms with E-state index in [2.05, 4.69) is 0 Å². The van der Waals surface area contributed by atoms with Crippen LogP contribution in [0.15, 0.2) is 54.1 Å². The summed E-state index contributed by atoms with van der Waals surface area (Å²) in [5.74, 6) is -0.231. The fraction of sp³-hybridized carbons (Fsp3) is 0.235. The monoisotopic (exact) mass is 284 g/mol. The Morgan fingerprint density at radius 3 is 2.43 bits per heavy atom. The summed E-state index contributed by atoms with van der Waals surface area (Å²) in [5, 5.41) is 30.8. The van der Waals surface area contributed by atoms with Crippen LogP contribution in [-0.2, 0) is 0 Å². The van der Waals surface area contributed by atoms with Crippen LogP contribution in [-0.4, -0.2) is 39.4 Å². The van der Waals surface area contributed by atoms with Crippen molar-refractivity contribution in [3.63, 3.8) is 0 Å². The predicted octanol–water partition coefficient (Wildman–Crippen LogP) is 1.44. The van der Waals surface area contributed by atoms with Gasteiger partial charge in [0.05, 0.1) is 6.10 Å². The van der Waals surface area contributed by atoms with E-state index in [0.717, 1.165) is 10.8 Å². The number of fused-ring (bicyclic) bond motifs is 1. The van der Waals surface area contributed by atoms with Gasteiger partial charge in [-0.25, -0.2) is 0 Å². The third-order valence-electron chi connectivity index (χ3n) is 3.85. The maximum Gasteiger partial charge on any atom is 0.188 e. The van der Waals surface area contributed by atoms with Crippen LogP contribution >= 0.6 is 0 Å². The molecule has 0 fully saturated rings. The first-order chi connectivity index (χ1) is 10.1. The molecule has 1 aliphatic carbocycles. The Morgan fingerprint density at radius 1 is 1.00 bits per heavy atom. The molecule has 0 aromatic heterocycles. The van der Waals surface area contributed by atoms with Crippen LogP contribution in [0.25, 0.3) is 10.8 Å². The van der Waals surface area contributed by atoms with Crippen LogP contribution in [0.1, 0.15) is 16.8 Å². The molecule has 0 saturated carbocycles. The van der Waals surface area contributed by atoms with Gasteiger partial charge in [0.2, 0.25) is 0 Å². The van der Waals surface area contributed by atoms with E-state index >= 15 is 0 Å². The largest absolute Gasteiger partial charge is 0.390 e. The van der Waals surface area contributed by atoms with Crippen molar-refractivity contribution in [3.05, 3.63) is 59.7 Å². The third kappa shape index (κ3) is 2.61. The number of rotatable bonds is 2. The standard InChI is InChI=1S/C17H16O4/c18-14-8-13(9-15(19)17(14)21)16(20)12-6-5-10-3-1-2-4-11(10)7-12/h1-8,14-15,17-19,21H,9H2/t14-,15-,17-/m1/s1. The number of hydrogen-bond donors (Lipinski definition) is 3. The van der Waals surface area contributed by atoms with Crippen LogP contribution in [0, 0.1) is 0 Å². The van der Waals surface area contributed by atoms with E-state index in [-0.39, 0.29) is 12.2 Å². The zero-order valence-corrected chi connectivity index (χ0v) is 11.3. The zero-order chi connectivity index (χ0) is 15.0. The van der Waals surface area contributed by atoms with Crippen molar-refractivity contribution >= 4 is 16.6 Å². The average molecular weight is 284 g/mol. The number of benzene rings is 2. The summed E-state index contributed by atoms with van der Waals surface area (Å²) < 4.78 is 0. The van der Waals surface area contributed by atoms with Gasteiger partial charge >= 0.3 is 0 Å². The Hall–Kier alpha value is -2.01. The van der Waals surface area contributed by atoms with Crippen molar-refractivity contribution in [3.8, 4) is 0 Å². The quantitative estimate of drug-likeness (QED) is 0.729. The Labute approximate surface area is 122 Å². The molecule has 0 amide bonds. The molecular weight excluding hydrogens is 268 g/mol. The predicted molar refractivity (Wildman–Crippen MR) is 79.0 cm³/mol. The summed E-state index contributed by atoms with van der Waals surface area (Å²) in [4.78, 5) is 12.5. The van der Waals surface area contributed by atoms with Gasteiger partial charge in [0, 0.05) is 17.6 Å². The minimum absolute atomic E-state index is 0.0455. The Balaban J connectivity index is 1.95. The van der Waals surface area contributed by atoms with Gasteiger partial charge in [-0.2, -0.15) is 0 Å². The lowest BCUT2D eigenvalue weighted by molar-refractivity contribution is -0.0471. The van der Waals surface area contributed by atoms with E-state index in [0.29, 0.717) is 11.1 Å². The van der Waals surface area contributed by atoms with E-state index in [4.69, 9.17) is 0 Å². The summed E-state index contributed by atoms with van der Waals surface area (Å²) in [5.41, 5.74) is 0.839.